The van der Waals surface area contributed by atoms with Gasteiger partial charge in [-0.15, -0.1) is 0 Å². The second-order valence-corrected chi connectivity index (χ2v) is 5.46. The minimum atomic E-state index is 0. The Morgan fingerprint density at radius 1 is 0.667 bits per heavy atom. The van der Waals surface area contributed by atoms with Gasteiger partial charge in [-0.05, 0) is 26.7 Å². The molecule has 0 aliphatic rings. The van der Waals surface area contributed by atoms with E-state index in [0.717, 1.165) is 0 Å². The molecule has 0 aliphatic carbocycles. The van der Waals surface area contributed by atoms with Gasteiger partial charge in [0, 0.05) is 51.4 Å². The molecule has 0 heterocycles. The zero-order chi connectivity index (χ0) is 12.9. The molecule has 0 aromatic carbocycles. The molecule has 0 saturated carbocycles. The number of ether oxygens (including phenoxy) is 1. The van der Waals surface area contributed by atoms with E-state index in [9.17, 15) is 0 Å². The van der Waals surface area contributed by atoms with Crippen molar-refractivity contribution in [3.63, 3.8) is 0 Å². The van der Waals surface area contributed by atoms with E-state index in [-0.39, 0.29) is 51.4 Å². The molecule has 0 N–H and O–H groups in total. The van der Waals surface area contributed by atoms with Crippen LogP contribution >= 0.6 is 0 Å². The molecule has 1 nitrogen and oxygen atoms in total. The smallest absolute Gasteiger partial charge is 0.0550 e. The third-order valence-corrected chi connectivity index (χ3v) is 3.39. The molecule has 18 heavy (non-hydrogen) atoms. The van der Waals surface area contributed by atoms with Crippen LogP contribution in [-0.4, -0.2) is 63.6 Å². The van der Waals surface area contributed by atoms with Gasteiger partial charge in [0.05, 0.1) is 12.2 Å². The van der Waals surface area contributed by atoms with Crippen LogP contribution in [0.4, 0.5) is 0 Å². The Kier molecular flexibility index (Phi) is 20.2. The van der Waals surface area contributed by atoms with E-state index in [1.54, 1.807) is 0 Å². The van der Waals surface area contributed by atoms with Crippen molar-refractivity contribution in [2.75, 3.05) is 0 Å². The van der Waals surface area contributed by atoms with Crippen molar-refractivity contribution in [2.45, 2.75) is 104 Å². The Hall–Kier alpha value is 1.60. The molecule has 0 aromatic heterocycles. The van der Waals surface area contributed by atoms with Gasteiger partial charge < -0.3 is 4.74 Å². The first-order chi connectivity index (χ1) is 8.20. The fourth-order valence-electron chi connectivity index (χ4n) is 2.25. The first-order valence-electron chi connectivity index (χ1n) is 7.86. The van der Waals surface area contributed by atoms with E-state index in [4.69, 9.17) is 4.74 Å². The molecule has 0 bridgehead atoms. The quantitative estimate of drug-likeness (QED) is 0.346. The first-order valence-corrected chi connectivity index (χ1v) is 7.86. The molecule has 2 atom stereocenters. The predicted octanol–water partition coefficient (Wildman–Crippen LogP) is 5.34. The second kappa shape index (κ2) is 16.7. The molecule has 0 aromatic rings. The SMILES string of the molecule is CCCCCCC(C)OC(C)CCCCCC.[K]. The van der Waals surface area contributed by atoms with Gasteiger partial charge in [-0.25, -0.2) is 0 Å². The first kappa shape index (κ1) is 21.9. The van der Waals surface area contributed by atoms with Gasteiger partial charge in [0.2, 0.25) is 0 Å². The standard InChI is InChI=1S/C16H34O.K/c1-5-7-9-11-13-15(3)17-16(4)14-12-10-8-6-2;/h15-16H,5-14H2,1-4H3;. The predicted molar refractivity (Wildman–Crippen MR) is 83.3 cm³/mol. The molecule has 0 aliphatic heterocycles. The summed E-state index contributed by atoms with van der Waals surface area (Å²) < 4.78 is 6.01. The summed E-state index contributed by atoms with van der Waals surface area (Å²) in [5.41, 5.74) is 0. The van der Waals surface area contributed by atoms with E-state index in [0.29, 0.717) is 12.2 Å². The Balaban J connectivity index is 0. The third-order valence-electron chi connectivity index (χ3n) is 3.39. The van der Waals surface area contributed by atoms with Crippen molar-refractivity contribution in [1.29, 1.82) is 0 Å². The minimum Gasteiger partial charge on any atom is -0.376 e. The summed E-state index contributed by atoms with van der Waals surface area (Å²) in [7, 11) is 0. The Morgan fingerprint density at radius 3 is 1.39 bits per heavy atom. The molecule has 0 fully saturated rings. The van der Waals surface area contributed by atoms with Crippen LogP contribution in [0.15, 0.2) is 0 Å². The normalized spacial score (nSPS) is 14.0. The van der Waals surface area contributed by atoms with Crippen molar-refractivity contribution in [2.24, 2.45) is 0 Å². The van der Waals surface area contributed by atoms with Crippen molar-refractivity contribution < 1.29 is 4.74 Å². The molecule has 0 amide bonds. The molecule has 0 rings (SSSR count). The fraction of sp³-hybridized carbons (Fsp3) is 1.00. The summed E-state index contributed by atoms with van der Waals surface area (Å²) in [5, 5.41) is 0. The van der Waals surface area contributed by atoms with E-state index < -0.39 is 0 Å². The molecular formula is C16H34KO. The second-order valence-electron chi connectivity index (χ2n) is 5.46. The number of hydrogen-bond acceptors (Lipinski definition) is 1. The Bertz CT molecular complexity index is 134. The van der Waals surface area contributed by atoms with Gasteiger partial charge in [-0.1, -0.05) is 65.2 Å². The maximum absolute atomic E-state index is 6.01. The number of unbranched alkanes of at least 4 members (excludes halogenated alkanes) is 6. The molecular weight excluding hydrogens is 247 g/mol. The summed E-state index contributed by atoms with van der Waals surface area (Å²) in [6.45, 7) is 8.99. The summed E-state index contributed by atoms with van der Waals surface area (Å²) in [6.07, 6.45) is 14.2. The fourth-order valence-corrected chi connectivity index (χ4v) is 2.25. The largest absolute Gasteiger partial charge is 0.376 e. The molecule has 0 saturated heterocycles. The van der Waals surface area contributed by atoms with Crippen molar-refractivity contribution in [1.82, 2.24) is 0 Å². The van der Waals surface area contributed by atoms with Gasteiger partial charge in [0.25, 0.3) is 0 Å². The van der Waals surface area contributed by atoms with Crippen LogP contribution in [0.25, 0.3) is 0 Å². The maximum Gasteiger partial charge on any atom is 0.0550 e. The molecule has 1 radical (unpaired) electrons. The van der Waals surface area contributed by atoms with Crippen molar-refractivity contribution in [3.05, 3.63) is 0 Å². The van der Waals surface area contributed by atoms with Crippen LogP contribution in [0.2, 0.25) is 0 Å². The minimum absolute atomic E-state index is 0. The van der Waals surface area contributed by atoms with Gasteiger partial charge in [0.15, 0.2) is 0 Å². The summed E-state index contributed by atoms with van der Waals surface area (Å²) in [5.74, 6) is 0. The molecule has 2 heteroatoms. The van der Waals surface area contributed by atoms with E-state index in [2.05, 4.69) is 27.7 Å². The summed E-state index contributed by atoms with van der Waals surface area (Å²) in [6, 6.07) is 0. The zero-order valence-electron chi connectivity index (χ0n) is 13.6. The van der Waals surface area contributed by atoms with Gasteiger partial charge in [0.1, 0.15) is 0 Å². The maximum atomic E-state index is 6.01. The Morgan fingerprint density at radius 2 is 1.06 bits per heavy atom. The van der Waals surface area contributed by atoms with Gasteiger partial charge >= 0.3 is 0 Å². The van der Waals surface area contributed by atoms with Gasteiger partial charge in [-0.2, -0.15) is 0 Å². The monoisotopic (exact) mass is 281 g/mol. The average Bonchev–Trinajstić information content (AvgIpc) is 2.30. The molecule has 0 spiro atoms. The number of rotatable bonds is 12. The van der Waals surface area contributed by atoms with Gasteiger partial charge in [-0.3, -0.25) is 0 Å². The van der Waals surface area contributed by atoms with Crippen LogP contribution in [-0.2, 0) is 4.74 Å². The molecule has 105 valence electrons. The van der Waals surface area contributed by atoms with Crippen molar-refractivity contribution >= 4 is 51.4 Å². The topological polar surface area (TPSA) is 9.23 Å². The summed E-state index contributed by atoms with van der Waals surface area (Å²) >= 11 is 0. The van der Waals surface area contributed by atoms with Crippen molar-refractivity contribution in [3.8, 4) is 0 Å². The van der Waals surface area contributed by atoms with E-state index in [1.165, 1.54) is 64.2 Å². The Labute approximate surface area is 158 Å². The van der Waals surface area contributed by atoms with E-state index >= 15 is 0 Å². The average molecular weight is 282 g/mol. The van der Waals surface area contributed by atoms with Crippen LogP contribution in [0, 0.1) is 0 Å². The van der Waals surface area contributed by atoms with Crippen LogP contribution in [0.5, 0.6) is 0 Å². The van der Waals surface area contributed by atoms with Crippen LogP contribution in [0.1, 0.15) is 91.9 Å². The molecule has 2 unspecified atom stereocenters. The zero-order valence-corrected chi connectivity index (χ0v) is 16.8. The summed E-state index contributed by atoms with van der Waals surface area (Å²) in [4.78, 5) is 0. The van der Waals surface area contributed by atoms with Crippen LogP contribution in [0.3, 0.4) is 0 Å². The van der Waals surface area contributed by atoms with Crippen LogP contribution < -0.4 is 0 Å². The third kappa shape index (κ3) is 15.7. The number of hydrogen-bond donors (Lipinski definition) is 0. The van der Waals surface area contributed by atoms with E-state index in [1.807, 2.05) is 0 Å².